The highest BCUT2D eigenvalue weighted by Crippen LogP contribution is 2.27. The van der Waals surface area contributed by atoms with Gasteiger partial charge in [-0.3, -0.25) is 5.32 Å². The number of benzene rings is 1. The van der Waals surface area contributed by atoms with E-state index in [9.17, 15) is 14.4 Å². The summed E-state index contributed by atoms with van der Waals surface area (Å²) in [5.74, 6) is -2.95. The Morgan fingerprint density at radius 2 is 1.78 bits per heavy atom. The number of cyclic esters (lactones) is 2. The largest absolute Gasteiger partial charge is 0.444 e. The molecule has 1 aromatic rings. The predicted octanol–water partition coefficient (Wildman–Crippen LogP) is 3.82. The van der Waals surface area contributed by atoms with Crippen LogP contribution in [0.25, 0.3) is 0 Å². The van der Waals surface area contributed by atoms with Crippen molar-refractivity contribution in [2.45, 2.75) is 46.0 Å². The third-order valence-electron chi connectivity index (χ3n) is 3.10. The number of anilines is 2. The van der Waals surface area contributed by atoms with Crippen molar-refractivity contribution in [3.8, 4) is 0 Å². The fourth-order valence-corrected chi connectivity index (χ4v) is 2.24. The van der Waals surface area contributed by atoms with Gasteiger partial charge in [-0.15, -0.1) is 0 Å². The summed E-state index contributed by atoms with van der Waals surface area (Å²) in [6, 6.07) is 4.64. The number of carbonyl (C=O) groups is 3. The van der Waals surface area contributed by atoms with Crippen molar-refractivity contribution in [1.29, 1.82) is 0 Å². The number of ether oxygens (including phenoxy) is 3. The molecule has 9 heteroatoms. The summed E-state index contributed by atoms with van der Waals surface area (Å²) >= 11 is 6.11. The Morgan fingerprint density at radius 3 is 2.33 bits per heavy atom. The summed E-state index contributed by atoms with van der Waals surface area (Å²) < 4.78 is 15.2. The predicted molar refractivity (Wildman–Crippen MR) is 99.3 cm³/mol. The van der Waals surface area contributed by atoms with Gasteiger partial charge in [0.1, 0.15) is 5.60 Å². The van der Waals surface area contributed by atoms with Gasteiger partial charge in [-0.1, -0.05) is 11.6 Å². The second-order valence-corrected chi connectivity index (χ2v) is 7.61. The molecule has 1 aliphatic rings. The highest BCUT2D eigenvalue weighted by molar-refractivity contribution is 6.33. The quantitative estimate of drug-likeness (QED) is 0.454. The number of nitrogens with one attached hydrogen (secondary N) is 2. The molecule has 1 fully saturated rings. The Hall–Kier alpha value is -2.74. The molecule has 1 saturated heterocycles. The molecular formula is C18H21ClN2O6. The van der Waals surface area contributed by atoms with Crippen LogP contribution in [-0.2, 0) is 23.8 Å². The average Bonchev–Trinajstić information content (AvgIpc) is 2.46. The van der Waals surface area contributed by atoms with Crippen molar-refractivity contribution in [3.63, 3.8) is 0 Å². The highest BCUT2D eigenvalue weighted by Gasteiger charge is 2.38. The average molecular weight is 397 g/mol. The molecule has 0 unspecified atom stereocenters. The van der Waals surface area contributed by atoms with E-state index in [2.05, 4.69) is 10.6 Å². The zero-order chi connectivity index (χ0) is 20.4. The Labute approximate surface area is 161 Å². The zero-order valence-electron chi connectivity index (χ0n) is 15.6. The summed E-state index contributed by atoms with van der Waals surface area (Å²) in [5.41, 5.74) is -0.194. The van der Waals surface area contributed by atoms with E-state index >= 15 is 0 Å². The summed E-state index contributed by atoms with van der Waals surface area (Å²) in [4.78, 5) is 35.7. The SMILES string of the molecule is CC(C)(C)OC(=O)Nc1ccc(Cl)c(NC=C2C(=O)OC(C)(C)OC2=O)c1. The number of esters is 2. The fourth-order valence-electron chi connectivity index (χ4n) is 2.06. The lowest BCUT2D eigenvalue weighted by atomic mass is 10.2. The van der Waals surface area contributed by atoms with Gasteiger partial charge in [-0.2, -0.15) is 0 Å². The second kappa shape index (κ2) is 7.48. The van der Waals surface area contributed by atoms with E-state index in [1.54, 1.807) is 26.8 Å². The number of amides is 1. The van der Waals surface area contributed by atoms with Gasteiger partial charge < -0.3 is 19.5 Å². The first-order valence-corrected chi connectivity index (χ1v) is 8.47. The van der Waals surface area contributed by atoms with Crippen LogP contribution in [-0.4, -0.2) is 29.4 Å². The number of halogens is 1. The highest BCUT2D eigenvalue weighted by atomic mass is 35.5. The van der Waals surface area contributed by atoms with Gasteiger partial charge in [0.25, 0.3) is 5.79 Å². The molecule has 2 rings (SSSR count). The molecule has 27 heavy (non-hydrogen) atoms. The lowest BCUT2D eigenvalue weighted by Gasteiger charge is -2.29. The van der Waals surface area contributed by atoms with Crippen LogP contribution in [0.4, 0.5) is 16.2 Å². The van der Waals surface area contributed by atoms with E-state index in [0.717, 1.165) is 6.20 Å². The molecule has 1 amide bonds. The molecule has 1 aliphatic heterocycles. The Kier molecular flexibility index (Phi) is 5.70. The fraction of sp³-hybridized carbons (Fsp3) is 0.389. The second-order valence-electron chi connectivity index (χ2n) is 7.20. The Balaban J connectivity index is 2.14. The minimum Gasteiger partial charge on any atom is -0.444 e. The van der Waals surface area contributed by atoms with Gasteiger partial charge in [-0.25, -0.2) is 14.4 Å². The molecule has 8 nitrogen and oxygen atoms in total. The smallest absolute Gasteiger partial charge is 0.412 e. The minimum absolute atomic E-state index is 0.305. The molecule has 1 heterocycles. The van der Waals surface area contributed by atoms with Crippen LogP contribution in [0.15, 0.2) is 30.0 Å². The normalized spacial score (nSPS) is 16.1. The van der Waals surface area contributed by atoms with Crippen LogP contribution in [0.3, 0.4) is 0 Å². The van der Waals surface area contributed by atoms with Crippen molar-refractivity contribution in [1.82, 2.24) is 0 Å². The lowest BCUT2D eigenvalue weighted by Crippen LogP contribution is -2.42. The Morgan fingerprint density at radius 1 is 1.19 bits per heavy atom. The van der Waals surface area contributed by atoms with Crippen LogP contribution in [0, 0.1) is 0 Å². The van der Waals surface area contributed by atoms with E-state index in [4.69, 9.17) is 25.8 Å². The van der Waals surface area contributed by atoms with Crippen LogP contribution < -0.4 is 10.6 Å². The van der Waals surface area contributed by atoms with Crippen LogP contribution in [0.1, 0.15) is 34.6 Å². The van der Waals surface area contributed by atoms with Crippen molar-refractivity contribution in [2.75, 3.05) is 10.6 Å². The molecule has 0 aliphatic carbocycles. The van der Waals surface area contributed by atoms with Gasteiger partial charge in [-0.05, 0) is 39.0 Å². The van der Waals surface area contributed by atoms with Gasteiger partial charge in [0, 0.05) is 25.7 Å². The van der Waals surface area contributed by atoms with Gasteiger partial charge in [0.2, 0.25) is 0 Å². The van der Waals surface area contributed by atoms with Gasteiger partial charge >= 0.3 is 18.0 Å². The van der Waals surface area contributed by atoms with E-state index in [1.807, 2.05) is 0 Å². The lowest BCUT2D eigenvalue weighted by molar-refractivity contribution is -0.222. The number of hydrogen-bond acceptors (Lipinski definition) is 7. The maximum absolute atomic E-state index is 11.9. The summed E-state index contributed by atoms with van der Waals surface area (Å²) in [5, 5.41) is 5.62. The molecule has 2 N–H and O–H groups in total. The number of carbonyl (C=O) groups excluding carboxylic acids is 3. The number of rotatable bonds is 3. The van der Waals surface area contributed by atoms with Crippen molar-refractivity contribution >= 4 is 41.0 Å². The van der Waals surface area contributed by atoms with Gasteiger partial charge in [0.05, 0.1) is 10.7 Å². The molecule has 0 bridgehead atoms. The zero-order valence-corrected chi connectivity index (χ0v) is 16.4. The molecule has 0 atom stereocenters. The first-order valence-electron chi connectivity index (χ1n) is 8.09. The summed E-state index contributed by atoms with van der Waals surface area (Å²) in [6.45, 7) is 8.15. The van der Waals surface area contributed by atoms with Crippen LogP contribution in [0.2, 0.25) is 5.02 Å². The first-order chi connectivity index (χ1) is 12.4. The van der Waals surface area contributed by atoms with Crippen molar-refractivity contribution < 1.29 is 28.6 Å². The minimum atomic E-state index is -1.32. The van der Waals surface area contributed by atoms with E-state index in [1.165, 1.54) is 26.0 Å². The van der Waals surface area contributed by atoms with Crippen LogP contribution in [0.5, 0.6) is 0 Å². The van der Waals surface area contributed by atoms with E-state index in [0.29, 0.717) is 16.4 Å². The topological polar surface area (TPSA) is 103 Å². The molecular weight excluding hydrogens is 376 g/mol. The maximum Gasteiger partial charge on any atom is 0.412 e. The molecule has 146 valence electrons. The molecule has 0 saturated carbocycles. The van der Waals surface area contributed by atoms with Gasteiger partial charge in [0.15, 0.2) is 5.57 Å². The summed E-state index contributed by atoms with van der Waals surface area (Å²) in [6.07, 6.45) is 0.508. The van der Waals surface area contributed by atoms with E-state index < -0.39 is 29.4 Å². The van der Waals surface area contributed by atoms with Crippen molar-refractivity contribution in [2.24, 2.45) is 0 Å². The van der Waals surface area contributed by atoms with Crippen molar-refractivity contribution in [3.05, 3.63) is 35.0 Å². The third kappa shape index (κ3) is 5.89. The number of hydrogen-bond donors (Lipinski definition) is 2. The monoisotopic (exact) mass is 396 g/mol. The van der Waals surface area contributed by atoms with Crippen LogP contribution >= 0.6 is 11.6 Å². The molecule has 0 aromatic heterocycles. The third-order valence-corrected chi connectivity index (χ3v) is 3.43. The molecule has 1 aromatic carbocycles. The standard InChI is InChI=1S/C18H21ClN2O6/c1-17(2,3)27-16(24)21-10-6-7-12(19)13(8-10)20-9-11-14(22)25-18(4,5)26-15(11)23/h6-9,20H,1-5H3,(H,21,24). The Bertz CT molecular complexity index is 789. The molecule has 0 spiro atoms. The first kappa shape index (κ1) is 20.6. The molecule has 0 radical (unpaired) electrons. The maximum atomic E-state index is 11.9. The summed E-state index contributed by atoms with van der Waals surface area (Å²) in [7, 11) is 0. The van der Waals surface area contributed by atoms with E-state index in [-0.39, 0.29) is 5.57 Å².